The number of anilines is 1. The summed E-state index contributed by atoms with van der Waals surface area (Å²) in [5.41, 5.74) is -1.80. The normalized spacial score (nSPS) is 15.8. The molecule has 0 atom stereocenters. The van der Waals surface area contributed by atoms with Crippen molar-refractivity contribution in [3.63, 3.8) is 0 Å². The van der Waals surface area contributed by atoms with Gasteiger partial charge in [0, 0.05) is 24.7 Å². The number of halogens is 3. The van der Waals surface area contributed by atoms with Crippen molar-refractivity contribution in [2.45, 2.75) is 65.1 Å². The summed E-state index contributed by atoms with van der Waals surface area (Å²) in [6, 6.07) is 3.58. The summed E-state index contributed by atoms with van der Waals surface area (Å²) in [7, 11) is 0. The number of nitrogens with zero attached hydrogens (tertiary/aromatic N) is 2. The molecule has 0 spiro atoms. The number of carbonyl (C=O) groups is 1. The molecule has 0 bridgehead atoms. The summed E-state index contributed by atoms with van der Waals surface area (Å²) in [6.45, 7) is 5.97. The van der Waals surface area contributed by atoms with E-state index in [2.05, 4.69) is 4.74 Å². The third-order valence-corrected chi connectivity index (χ3v) is 5.22. The molecule has 0 heterocycles. The van der Waals surface area contributed by atoms with Gasteiger partial charge in [-0.05, 0) is 37.3 Å². The average molecular weight is 442 g/mol. The summed E-state index contributed by atoms with van der Waals surface area (Å²) in [5.74, 6) is -0.930. The molecule has 6 nitrogen and oxygen atoms in total. The molecule has 9 heteroatoms. The zero-order chi connectivity index (χ0) is 23.2. The van der Waals surface area contributed by atoms with Crippen LogP contribution in [0.5, 0.6) is 0 Å². The minimum absolute atomic E-state index is 0.0783. The Hall–Kier alpha value is -2.58. The van der Waals surface area contributed by atoms with E-state index < -0.39 is 33.9 Å². The zero-order valence-electron chi connectivity index (χ0n) is 18.1. The molecular formula is C22H29F3N2O4. The van der Waals surface area contributed by atoms with E-state index in [0.29, 0.717) is 18.3 Å². The number of allylic oxidation sites excluding steroid dienone is 1. The summed E-state index contributed by atoms with van der Waals surface area (Å²) in [6.07, 6.45) is 0.403. The number of alkyl halides is 3. The fraction of sp³-hybridized carbons (Fsp3) is 0.591. The van der Waals surface area contributed by atoms with Crippen molar-refractivity contribution in [1.82, 2.24) is 0 Å². The van der Waals surface area contributed by atoms with Gasteiger partial charge in [0.2, 0.25) is 0 Å². The predicted octanol–water partition coefficient (Wildman–Crippen LogP) is 5.90. The van der Waals surface area contributed by atoms with Crippen LogP contribution in [-0.2, 0) is 9.53 Å². The molecule has 1 aliphatic rings. The third kappa shape index (κ3) is 6.70. The topological polar surface area (TPSA) is 72.7 Å². The highest BCUT2D eigenvalue weighted by atomic mass is 19.4. The minimum Gasteiger partial charge on any atom is -0.463 e. The fourth-order valence-electron chi connectivity index (χ4n) is 3.94. The molecule has 1 saturated carbocycles. The predicted molar refractivity (Wildman–Crippen MR) is 113 cm³/mol. The lowest BCUT2D eigenvalue weighted by atomic mass is 9.92. The van der Waals surface area contributed by atoms with Gasteiger partial charge in [-0.3, -0.25) is 10.1 Å². The Morgan fingerprint density at radius 3 is 2.45 bits per heavy atom. The second-order valence-electron chi connectivity index (χ2n) is 8.11. The Morgan fingerprint density at radius 2 is 1.94 bits per heavy atom. The van der Waals surface area contributed by atoms with Gasteiger partial charge in [0.1, 0.15) is 5.69 Å². The van der Waals surface area contributed by atoms with E-state index in [-0.39, 0.29) is 18.6 Å². The van der Waals surface area contributed by atoms with Crippen LogP contribution in [0.3, 0.4) is 0 Å². The van der Waals surface area contributed by atoms with Crippen LogP contribution in [0.15, 0.2) is 24.3 Å². The van der Waals surface area contributed by atoms with Crippen molar-refractivity contribution >= 4 is 22.9 Å². The molecule has 1 aliphatic carbocycles. The van der Waals surface area contributed by atoms with Gasteiger partial charge in [0.15, 0.2) is 0 Å². The van der Waals surface area contributed by atoms with Crippen molar-refractivity contribution in [2.75, 3.05) is 18.1 Å². The van der Waals surface area contributed by atoms with E-state index in [1.54, 1.807) is 0 Å². The number of benzene rings is 1. The highest BCUT2D eigenvalue weighted by Gasteiger charge is 2.37. The monoisotopic (exact) mass is 442 g/mol. The standard InChI is InChI=1S/C22H29F3N2O4/c1-4-31-21(28)13-18(22(23,24)25)16-10-11-19(20(12-16)27(29)30)26(14-15(2)3)17-8-6-5-7-9-17/h10-13,15,17H,4-9,14H2,1-3H3/b18-13-. The Bertz CT molecular complexity index is 815. The van der Waals surface area contributed by atoms with Crippen LogP contribution in [0.25, 0.3) is 5.57 Å². The van der Waals surface area contributed by atoms with E-state index in [1.807, 2.05) is 18.7 Å². The Morgan fingerprint density at radius 1 is 1.29 bits per heavy atom. The lowest BCUT2D eigenvalue weighted by Gasteiger charge is -2.37. The van der Waals surface area contributed by atoms with Crippen molar-refractivity contribution in [2.24, 2.45) is 5.92 Å². The molecule has 0 aromatic heterocycles. The molecule has 0 radical (unpaired) electrons. The summed E-state index contributed by atoms with van der Waals surface area (Å²) < 4.78 is 45.4. The van der Waals surface area contributed by atoms with Gasteiger partial charge in [-0.25, -0.2) is 4.79 Å². The Balaban J connectivity index is 2.55. The number of hydrogen-bond acceptors (Lipinski definition) is 5. The molecule has 31 heavy (non-hydrogen) atoms. The van der Waals surface area contributed by atoms with E-state index in [0.717, 1.165) is 38.2 Å². The first-order valence-corrected chi connectivity index (χ1v) is 10.6. The molecule has 1 aromatic rings. The molecule has 172 valence electrons. The number of nitro groups is 1. The number of hydrogen-bond donors (Lipinski definition) is 0. The number of nitro benzene ring substituents is 1. The van der Waals surface area contributed by atoms with E-state index in [9.17, 15) is 28.1 Å². The van der Waals surface area contributed by atoms with Crippen molar-refractivity contribution in [3.8, 4) is 0 Å². The zero-order valence-corrected chi connectivity index (χ0v) is 18.1. The lowest BCUT2D eigenvalue weighted by Crippen LogP contribution is -2.39. The highest BCUT2D eigenvalue weighted by Crippen LogP contribution is 2.40. The van der Waals surface area contributed by atoms with Gasteiger partial charge in [-0.2, -0.15) is 13.2 Å². The van der Waals surface area contributed by atoms with Gasteiger partial charge in [0.25, 0.3) is 5.69 Å². The third-order valence-electron chi connectivity index (χ3n) is 5.22. The maximum atomic E-state index is 13.6. The molecule has 0 N–H and O–H groups in total. The van der Waals surface area contributed by atoms with Crippen LogP contribution >= 0.6 is 0 Å². The molecule has 1 aromatic carbocycles. The Kier molecular flexibility index (Phi) is 8.47. The molecule has 1 fully saturated rings. The second kappa shape index (κ2) is 10.6. The smallest absolute Gasteiger partial charge is 0.417 e. The van der Waals surface area contributed by atoms with Crippen molar-refractivity contribution in [3.05, 3.63) is 40.0 Å². The molecule has 2 rings (SSSR count). The van der Waals surface area contributed by atoms with Crippen LogP contribution in [-0.4, -0.2) is 36.3 Å². The summed E-state index contributed by atoms with van der Waals surface area (Å²) >= 11 is 0. The number of ether oxygens (including phenoxy) is 1. The van der Waals surface area contributed by atoms with Gasteiger partial charge < -0.3 is 9.64 Å². The quantitative estimate of drug-likeness (QED) is 0.217. The molecule has 0 saturated heterocycles. The van der Waals surface area contributed by atoms with E-state index in [1.165, 1.54) is 19.1 Å². The van der Waals surface area contributed by atoms with E-state index in [4.69, 9.17) is 0 Å². The number of rotatable bonds is 8. The SMILES string of the molecule is CCOC(=O)/C=C(/c1ccc(N(CC(C)C)C2CCCCC2)c([N+](=O)[O-])c1)C(F)(F)F. The summed E-state index contributed by atoms with van der Waals surface area (Å²) in [4.78, 5) is 24.8. The van der Waals surface area contributed by atoms with Crippen molar-refractivity contribution in [1.29, 1.82) is 0 Å². The highest BCUT2D eigenvalue weighted by molar-refractivity contribution is 5.93. The largest absolute Gasteiger partial charge is 0.463 e. The number of carbonyl (C=O) groups excluding carboxylic acids is 1. The molecular weight excluding hydrogens is 413 g/mol. The van der Waals surface area contributed by atoms with Gasteiger partial charge in [-0.15, -0.1) is 0 Å². The van der Waals surface area contributed by atoms with Crippen LogP contribution < -0.4 is 4.90 Å². The van der Waals surface area contributed by atoms with Crippen LogP contribution in [0.1, 0.15) is 58.4 Å². The fourth-order valence-corrected chi connectivity index (χ4v) is 3.94. The lowest BCUT2D eigenvalue weighted by molar-refractivity contribution is -0.384. The first-order valence-electron chi connectivity index (χ1n) is 10.6. The summed E-state index contributed by atoms with van der Waals surface area (Å²) in [5, 5.41) is 11.8. The minimum atomic E-state index is -4.87. The van der Waals surface area contributed by atoms with E-state index >= 15 is 0 Å². The molecule has 0 amide bonds. The van der Waals surface area contributed by atoms with Crippen LogP contribution in [0.2, 0.25) is 0 Å². The van der Waals surface area contributed by atoms with Crippen molar-refractivity contribution < 1.29 is 27.6 Å². The van der Waals surface area contributed by atoms with Gasteiger partial charge in [-0.1, -0.05) is 39.2 Å². The molecule has 0 aliphatic heterocycles. The second-order valence-corrected chi connectivity index (χ2v) is 8.11. The maximum absolute atomic E-state index is 13.6. The van der Waals surface area contributed by atoms with Crippen LogP contribution in [0, 0.1) is 16.0 Å². The average Bonchev–Trinajstić information content (AvgIpc) is 2.70. The first kappa shape index (κ1) is 24.7. The maximum Gasteiger partial charge on any atom is 0.417 e. The molecule has 0 unspecified atom stereocenters. The Labute approximate surface area is 180 Å². The number of esters is 1. The van der Waals surface area contributed by atoms with Crippen LogP contribution in [0.4, 0.5) is 24.5 Å². The van der Waals surface area contributed by atoms with Gasteiger partial charge in [0.05, 0.1) is 17.1 Å². The van der Waals surface area contributed by atoms with Gasteiger partial charge >= 0.3 is 12.1 Å². The first-order chi connectivity index (χ1) is 14.5.